The molecule has 5 nitrogen and oxygen atoms in total. The average Bonchev–Trinajstić information content (AvgIpc) is 3.01. The second-order valence-electron chi connectivity index (χ2n) is 7.22. The summed E-state index contributed by atoms with van der Waals surface area (Å²) in [4.78, 5) is 28.4. The molecule has 0 fully saturated rings. The van der Waals surface area contributed by atoms with Crippen molar-refractivity contribution in [1.29, 1.82) is 0 Å². The quantitative estimate of drug-likeness (QED) is 0.551. The molecule has 0 radical (unpaired) electrons. The van der Waals surface area contributed by atoms with Gasteiger partial charge >= 0.3 is 0 Å². The number of methoxy groups -OCH3 is 1. The van der Waals surface area contributed by atoms with Crippen LogP contribution in [-0.2, 0) is 9.59 Å². The van der Waals surface area contributed by atoms with Crippen LogP contribution in [0.1, 0.15) is 16.7 Å². The molecule has 0 aromatic heterocycles. The summed E-state index contributed by atoms with van der Waals surface area (Å²) in [5.41, 5.74) is 3.79. The Labute approximate surface area is 185 Å². The van der Waals surface area contributed by atoms with Crippen LogP contribution in [0.15, 0.2) is 72.4 Å². The first-order chi connectivity index (χ1) is 14.9. The van der Waals surface area contributed by atoms with E-state index in [1.165, 1.54) is 12.0 Å². The minimum atomic E-state index is -0.431. The van der Waals surface area contributed by atoms with Gasteiger partial charge < -0.3 is 10.1 Å². The lowest BCUT2D eigenvalue weighted by Gasteiger charge is -2.18. The van der Waals surface area contributed by atoms with E-state index in [9.17, 15) is 9.59 Å². The number of amides is 2. The Hall–Kier alpha value is -3.57. The summed E-state index contributed by atoms with van der Waals surface area (Å²) in [6.07, 6.45) is 0. The number of anilines is 2. The topological polar surface area (TPSA) is 58.6 Å². The lowest BCUT2D eigenvalue weighted by atomic mass is 10.0. The zero-order valence-electron chi connectivity index (χ0n) is 17.4. The van der Waals surface area contributed by atoms with E-state index in [1.54, 1.807) is 42.5 Å². The average molecular weight is 433 g/mol. The SMILES string of the molecule is COc1ccccc1C1=C(Nc2cccc(Cl)c2C)C(=O)N(c2ccccc2C)C1=O. The second kappa shape index (κ2) is 8.28. The molecule has 1 aliphatic rings. The van der Waals surface area contributed by atoms with Crippen LogP contribution < -0.4 is 15.0 Å². The number of para-hydroxylation sites is 2. The molecule has 6 heteroatoms. The van der Waals surface area contributed by atoms with Crippen molar-refractivity contribution >= 4 is 40.4 Å². The predicted octanol–water partition coefficient (Wildman–Crippen LogP) is 5.36. The Balaban J connectivity index is 1.91. The van der Waals surface area contributed by atoms with Gasteiger partial charge in [0.25, 0.3) is 11.8 Å². The highest BCUT2D eigenvalue weighted by atomic mass is 35.5. The van der Waals surface area contributed by atoms with Crippen LogP contribution in [-0.4, -0.2) is 18.9 Å². The molecule has 3 aromatic rings. The minimum absolute atomic E-state index is 0.183. The molecular weight excluding hydrogens is 412 g/mol. The highest BCUT2D eigenvalue weighted by Crippen LogP contribution is 2.38. The third-order valence-electron chi connectivity index (χ3n) is 5.34. The van der Waals surface area contributed by atoms with Crippen molar-refractivity contribution in [2.24, 2.45) is 0 Å². The Morgan fingerprint density at radius 1 is 0.871 bits per heavy atom. The number of imide groups is 1. The molecule has 0 aliphatic carbocycles. The van der Waals surface area contributed by atoms with E-state index in [1.807, 2.05) is 38.1 Å². The lowest BCUT2D eigenvalue weighted by Crippen LogP contribution is -2.33. The molecule has 0 atom stereocenters. The summed E-state index contributed by atoms with van der Waals surface area (Å²) in [6.45, 7) is 3.72. The monoisotopic (exact) mass is 432 g/mol. The van der Waals surface area contributed by atoms with E-state index >= 15 is 0 Å². The Bertz CT molecular complexity index is 1230. The zero-order valence-corrected chi connectivity index (χ0v) is 18.2. The van der Waals surface area contributed by atoms with E-state index in [0.717, 1.165) is 11.1 Å². The lowest BCUT2D eigenvalue weighted by molar-refractivity contribution is -0.120. The number of ether oxygens (including phenoxy) is 1. The molecule has 0 spiro atoms. The summed E-state index contributed by atoms with van der Waals surface area (Å²) in [5, 5.41) is 3.74. The van der Waals surface area contributed by atoms with Crippen molar-refractivity contribution in [2.45, 2.75) is 13.8 Å². The first kappa shape index (κ1) is 20.7. The second-order valence-corrected chi connectivity index (χ2v) is 7.63. The number of carbonyl (C=O) groups excluding carboxylic acids is 2. The first-order valence-corrected chi connectivity index (χ1v) is 10.2. The molecule has 1 heterocycles. The Morgan fingerprint density at radius 2 is 1.58 bits per heavy atom. The predicted molar refractivity (Wildman–Crippen MR) is 123 cm³/mol. The van der Waals surface area contributed by atoms with Gasteiger partial charge in [-0.2, -0.15) is 0 Å². The largest absolute Gasteiger partial charge is 0.496 e. The van der Waals surface area contributed by atoms with Gasteiger partial charge in [-0.15, -0.1) is 0 Å². The van der Waals surface area contributed by atoms with Crippen LogP contribution in [0.4, 0.5) is 11.4 Å². The maximum atomic E-state index is 13.6. The van der Waals surface area contributed by atoms with Crippen molar-refractivity contribution < 1.29 is 14.3 Å². The highest BCUT2D eigenvalue weighted by Gasteiger charge is 2.41. The van der Waals surface area contributed by atoms with Crippen LogP contribution in [0.5, 0.6) is 5.75 Å². The fourth-order valence-corrected chi connectivity index (χ4v) is 3.83. The van der Waals surface area contributed by atoms with E-state index < -0.39 is 11.8 Å². The van der Waals surface area contributed by atoms with Gasteiger partial charge in [-0.25, -0.2) is 4.90 Å². The smallest absolute Gasteiger partial charge is 0.282 e. The minimum Gasteiger partial charge on any atom is -0.496 e. The number of hydrogen-bond donors (Lipinski definition) is 1. The number of halogens is 1. The Morgan fingerprint density at radius 3 is 2.32 bits per heavy atom. The third kappa shape index (κ3) is 3.57. The normalized spacial score (nSPS) is 13.7. The van der Waals surface area contributed by atoms with Crippen LogP contribution in [0, 0.1) is 13.8 Å². The molecule has 0 bridgehead atoms. The highest BCUT2D eigenvalue weighted by molar-refractivity contribution is 6.46. The van der Waals surface area contributed by atoms with Crippen LogP contribution in [0.25, 0.3) is 5.57 Å². The molecule has 156 valence electrons. The van der Waals surface area contributed by atoms with Gasteiger partial charge in [0.15, 0.2) is 0 Å². The summed E-state index contributed by atoms with van der Waals surface area (Å²) in [7, 11) is 1.54. The summed E-state index contributed by atoms with van der Waals surface area (Å²) in [6, 6.07) is 19.8. The van der Waals surface area contributed by atoms with Gasteiger partial charge in [-0.05, 0) is 49.2 Å². The van der Waals surface area contributed by atoms with Gasteiger partial charge in [0.05, 0.1) is 18.4 Å². The fourth-order valence-electron chi connectivity index (χ4n) is 3.66. The van der Waals surface area contributed by atoms with E-state index in [-0.39, 0.29) is 11.3 Å². The summed E-state index contributed by atoms with van der Waals surface area (Å²) < 4.78 is 5.48. The fraction of sp³-hybridized carbons (Fsp3) is 0.120. The standard InChI is InChI=1S/C25H21ClN2O3/c1-15-9-4-6-13-20(15)28-24(29)22(17-10-5-7-14-21(17)31-3)23(25(28)30)27-19-12-8-11-18(26)16(19)2/h4-14,27H,1-3H3. The number of carbonyl (C=O) groups is 2. The zero-order chi connectivity index (χ0) is 22.1. The molecule has 2 amide bonds. The molecule has 0 unspecified atom stereocenters. The third-order valence-corrected chi connectivity index (χ3v) is 5.75. The van der Waals surface area contributed by atoms with Gasteiger partial charge in [0.2, 0.25) is 0 Å². The van der Waals surface area contributed by atoms with Crippen molar-refractivity contribution in [2.75, 3.05) is 17.3 Å². The summed E-state index contributed by atoms with van der Waals surface area (Å²) in [5.74, 6) is -0.335. The molecular formula is C25H21ClN2O3. The van der Waals surface area contributed by atoms with Gasteiger partial charge in [0, 0.05) is 16.3 Å². The number of hydrogen-bond acceptors (Lipinski definition) is 4. The molecule has 1 N–H and O–H groups in total. The van der Waals surface area contributed by atoms with Crippen molar-refractivity contribution in [1.82, 2.24) is 0 Å². The van der Waals surface area contributed by atoms with Gasteiger partial charge in [-0.1, -0.05) is 54.1 Å². The Kier molecular flexibility index (Phi) is 5.53. The van der Waals surface area contributed by atoms with Crippen molar-refractivity contribution in [3.05, 3.63) is 94.1 Å². The molecule has 0 saturated carbocycles. The van der Waals surface area contributed by atoms with E-state index in [0.29, 0.717) is 27.7 Å². The van der Waals surface area contributed by atoms with E-state index in [2.05, 4.69) is 5.32 Å². The maximum absolute atomic E-state index is 13.6. The number of nitrogens with zero attached hydrogens (tertiary/aromatic N) is 1. The first-order valence-electron chi connectivity index (χ1n) is 9.78. The number of rotatable bonds is 5. The van der Waals surface area contributed by atoms with Gasteiger partial charge in [0.1, 0.15) is 11.4 Å². The van der Waals surface area contributed by atoms with Crippen molar-refractivity contribution in [3.63, 3.8) is 0 Å². The van der Waals surface area contributed by atoms with E-state index in [4.69, 9.17) is 16.3 Å². The van der Waals surface area contributed by atoms with Crippen LogP contribution in [0.3, 0.4) is 0 Å². The van der Waals surface area contributed by atoms with Gasteiger partial charge in [-0.3, -0.25) is 9.59 Å². The molecule has 0 saturated heterocycles. The molecule has 3 aromatic carbocycles. The van der Waals surface area contributed by atoms with Crippen LogP contribution >= 0.6 is 11.6 Å². The van der Waals surface area contributed by atoms with Crippen LogP contribution in [0.2, 0.25) is 5.02 Å². The number of benzene rings is 3. The molecule has 31 heavy (non-hydrogen) atoms. The summed E-state index contributed by atoms with van der Waals surface area (Å²) >= 11 is 6.27. The number of aryl methyl sites for hydroxylation is 1. The number of nitrogens with one attached hydrogen (secondary N) is 1. The molecule has 1 aliphatic heterocycles. The maximum Gasteiger partial charge on any atom is 0.282 e. The van der Waals surface area contributed by atoms with Crippen molar-refractivity contribution in [3.8, 4) is 5.75 Å². The molecule has 4 rings (SSSR count).